The average molecular weight is 409 g/mol. The molecule has 3 heterocycles. The number of tetrazole rings is 1. The topological polar surface area (TPSA) is 85.2 Å². The SMILES string of the molecule is CCCc1nc2c(C)cncc2n1Cc1ccc(-c2ccccc2-c2nn[nH]n2)cc1. The Bertz CT molecular complexity index is 1320. The monoisotopic (exact) mass is 409 g/mol. The third-order valence-electron chi connectivity index (χ3n) is 5.52. The van der Waals surface area contributed by atoms with E-state index in [2.05, 4.69) is 74.4 Å². The molecule has 1 N–H and O–H groups in total. The van der Waals surface area contributed by atoms with Crippen LogP contribution in [0.3, 0.4) is 0 Å². The van der Waals surface area contributed by atoms with Gasteiger partial charge in [-0.3, -0.25) is 4.98 Å². The molecule has 0 unspecified atom stereocenters. The van der Waals surface area contributed by atoms with E-state index in [1.54, 1.807) is 0 Å². The molecule has 5 rings (SSSR count). The van der Waals surface area contributed by atoms with Crippen LogP contribution in [0, 0.1) is 6.92 Å². The van der Waals surface area contributed by atoms with Crippen molar-refractivity contribution in [1.82, 2.24) is 35.2 Å². The summed E-state index contributed by atoms with van der Waals surface area (Å²) in [6.07, 6.45) is 5.81. The van der Waals surface area contributed by atoms with Crippen molar-refractivity contribution < 1.29 is 0 Å². The molecule has 5 aromatic rings. The second kappa shape index (κ2) is 8.10. The lowest BCUT2D eigenvalue weighted by molar-refractivity contribution is 0.721. The van der Waals surface area contributed by atoms with Crippen molar-refractivity contribution >= 4 is 11.0 Å². The Morgan fingerprint density at radius 2 is 1.77 bits per heavy atom. The number of nitrogens with zero attached hydrogens (tertiary/aromatic N) is 6. The summed E-state index contributed by atoms with van der Waals surface area (Å²) in [6.45, 7) is 5.02. The first-order valence-electron chi connectivity index (χ1n) is 10.5. The van der Waals surface area contributed by atoms with Crippen molar-refractivity contribution in [2.45, 2.75) is 33.2 Å². The molecular formula is C24H23N7. The van der Waals surface area contributed by atoms with Gasteiger partial charge in [0.1, 0.15) is 5.82 Å². The van der Waals surface area contributed by atoms with Crippen LogP contribution < -0.4 is 0 Å². The maximum Gasteiger partial charge on any atom is 0.205 e. The molecule has 0 fully saturated rings. The molecule has 0 saturated heterocycles. The summed E-state index contributed by atoms with van der Waals surface area (Å²) in [5, 5.41) is 14.5. The normalized spacial score (nSPS) is 11.3. The molecule has 0 atom stereocenters. The smallest absolute Gasteiger partial charge is 0.205 e. The van der Waals surface area contributed by atoms with E-state index >= 15 is 0 Å². The van der Waals surface area contributed by atoms with Crippen molar-refractivity contribution in [2.75, 3.05) is 0 Å². The maximum absolute atomic E-state index is 4.90. The highest BCUT2D eigenvalue weighted by molar-refractivity contribution is 5.80. The summed E-state index contributed by atoms with van der Waals surface area (Å²) < 4.78 is 2.29. The van der Waals surface area contributed by atoms with Gasteiger partial charge in [0.05, 0.1) is 17.2 Å². The van der Waals surface area contributed by atoms with Gasteiger partial charge in [0.15, 0.2) is 0 Å². The summed E-state index contributed by atoms with van der Waals surface area (Å²) >= 11 is 0. The molecule has 2 aromatic carbocycles. The van der Waals surface area contributed by atoms with E-state index in [9.17, 15) is 0 Å². The first-order valence-corrected chi connectivity index (χ1v) is 10.5. The van der Waals surface area contributed by atoms with Crippen LogP contribution >= 0.6 is 0 Å². The number of rotatable bonds is 6. The highest BCUT2D eigenvalue weighted by Crippen LogP contribution is 2.30. The maximum atomic E-state index is 4.90. The Hall–Kier alpha value is -3.87. The third-order valence-corrected chi connectivity index (χ3v) is 5.52. The van der Waals surface area contributed by atoms with Crippen LogP contribution in [-0.4, -0.2) is 35.2 Å². The van der Waals surface area contributed by atoms with Gasteiger partial charge in [-0.25, -0.2) is 4.98 Å². The lowest BCUT2D eigenvalue weighted by atomic mass is 9.98. The van der Waals surface area contributed by atoms with Crippen molar-refractivity contribution in [2.24, 2.45) is 0 Å². The predicted molar refractivity (Wildman–Crippen MR) is 120 cm³/mol. The van der Waals surface area contributed by atoms with Crippen LogP contribution in [-0.2, 0) is 13.0 Å². The number of pyridine rings is 1. The van der Waals surface area contributed by atoms with Crippen LogP contribution in [0.1, 0.15) is 30.3 Å². The molecule has 0 amide bonds. The van der Waals surface area contributed by atoms with Gasteiger partial charge in [0.25, 0.3) is 0 Å². The number of imidazole rings is 1. The van der Waals surface area contributed by atoms with Crippen LogP contribution in [0.5, 0.6) is 0 Å². The molecule has 7 heteroatoms. The molecule has 154 valence electrons. The van der Waals surface area contributed by atoms with Gasteiger partial charge in [-0.2, -0.15) is 5.21 Å². The number of aromatic amines is 1. The second-order valence-electron chi connectivity index (χ2n) is 7.67. The molecule has 3 aromatic heterocycles. The molecule has 0 bridgehead atoms. The average Bonchev–Trinajstić information content (AvgIpc) is 3.45. The number of hydrogen-bond acceptors (Lipinski definition) is 5. The van der Waals surface area contributed by atoms with Crippen molar-refractivity contribution in [3.05, 3.63) is 77.9 Å². The number of aryl methyl sites for hydroxylation is 2. The number of H-pyrrole nitrogens is 1. The summed E-state index contributed by atoms with van der Waals surface area (Å²) in [5.41, 5.74) is 7.62. The van der Waals surface area contributed by atoms with E-state index in [1.165, 1.54) is 5.56 Å². The van der Waals surface area contributed by atoms with E-state index < -0.39 is 0 Å². The van der Waals surface area contributed by atoms with Crippen molar-refractivity contribution in [3.8, 4) is 22.5 Å². The Morgan fingerprint density at radius 3 is 2.52 bits per heavy atom. The molecule has 0 aliphatic rings. The minimum absolute atomic E-state index is 0.594. The van der Waals surface area contributed by atoms with Crippen LogP contribution in [0.4, 0.5) is 0 Å². The molecule has 0 aliphatic heterocycles. The fourth-order valence-electron chi connectivity index (χ4n) is 3.98. The lowest BCUT2D eigenvalue weighted by Crippen LogP contribution is -2.05. The number of hydrogen-bond donors (Lipinski definition) is 1. The first-order chi connectivity index (χ1) is 15.2. The van der Waals surface area contributed by atoms with Crippen molar-refractivity contribution in [3.63, 3.8) is 0 Å². The highest BCUT2D eigenvalue weighted by atomic mass is 15.5. The highest BCUT2D eigenvalue weighted by Gasteiger charge is 2.14. The van der Waals surface area contributed by atoms with E-state index in [1.807, 2.05) is 30.6 Å². The van der Waals surface area contributed by atoms with Crippen LogP contribution in [0.15, 0.2) is 60.9 Å². The Balaban J connectivity index is 1.49. The zero-order valence-corrected chi connectivity index (χ0v) is 17.6. The quantitative estimate of drug-likeness (QED) is 0.443. The molecule has 0 radical (unpaired) electrons. The zero-order valence-electron chi connectivity index (χ0n) is 17.6. The van der Waals surface area contributed by atoms with Gasteiger partial charge in [-0.15, -0.1) is 10.2 Å². The van der Waals surface area contributed by atoms with E-state index in [-0.39, 0.29) is 0 Å². The fourth-order valence-corrected chi connectivity index (χ4v) is 3.98. The number of benzene rings is 2. The van der Waals surface area contributed by atoms with Gasteiger partial charge in [0.2, 0.25) is 5.82 Å². The summed E-state index contributed by atoms with van der Waals surface area (Å²) in [6, 6.07) is 16.7. The number of fused-ring (bicyclic) bond motifs is 1. The van der Waals surface area contributed by atoms with Gasteiger partial charge < -0.3 is 4.57 Å². The lowest BCUT2D eigenvalue weighted by Gasteiger charge is -2.11. The molecule has 0 aliphatic carbocycles. The van der Waals surface area contributed by atoms with E-state index in [0.29, 0.717) is 5.82 Å². The Labute approximate surface area is 180 Å². The van der Waals surface area contributed by atoms with E-state index in [0.717, 1.165) is 58.5 Å². The second-order valence-corrected chi connectivity index (χ2v) is 7.67. The van der Waals surface area contributed by atoms with Gasteiger partial charge in [-0.1, -0.05) is 55.5 Å². The standard InChI is InChI=1S/C24H23N7/c1-3-6-22-26-23-16(2)13-25-14-21(23)31(22)15-17-9-11-18(12-10-17)19-7-4-5-8-20(19)24-27-29-30-28-24/h4-5,7-14H,3,6,15H2,1-2H3,(H,27,28,29,30). The summed E-state index contributed by atoms with van der Waals surface area (Å²) in [4.78, 5) is 9.30. The summed E-state index contributed by atoms with van der Waals surface area (Å²) in [5.74, 6) is 1.71. The third kappa shape index (κ3) is 3.59. The first kappa shape index (κ1) is 19.1. The van der Waals surface area contributed by atoms with Gasteiger partial charge >= 0.3 is 0 Å². The Kier molecular flexibility index (Phi) is 5.00. The van der Waals surface area contributed by atoms with Gasteiger partial charge in [-0.05, 0) is 40.8 Å². The largest absolute Gasteiger partial charge is 0.322 e. The molecular weight excluding hydrogens is 386 g/mol. The molecule has 0 saturated carbocycles. The summed E-state index contributed by atoms with van der Waals surface area (Å²) in [7, 11) is 0. The van der Waals surface area contributed by atoms with Crippen molar-refractivity contribution in [1.29, 1.82) is 0 Å². The molecule has 0 spiro atoms. The predicted octanol–water partition coefficient (Wildman–Crippen LogP) is 4.59. The minimum atomic E-state index is 0.594. The minimum Gasteiger partial charge on any atom is -0.322 e. The van der Waals surface area contributed by atoms with Crippen LogP contribution in [0.25, 0.3) is 33.5 Å². The fraction of sp³-hybridized carbons (Fsp3) is 0.208. The Morgan fingerprint density at radius 1 is 0.968 bits per heavy atom. The molecule has 7 nitrogen and oxygen atoms in total. The molecule has 31 heavy (non-hydrogen) atoms. The van der Waals surface area contributed by atoms with Crippen LogP contribution in [0.2, 0.25) is 0 Å². The zero-order chi connectivity index (χ0) is 21.2. The van der Waals surface area contributed by atoms with E-state index in [4.69, 9.17) is 4.98 Å². The number of aromatic nitrogens is 7. The van der Waals surface area contributed by atoms with Gasteiger partial charge in [0, 0.05) is 24.7 Å². The number of nitrogens with one attached hydrogen (secondary N) is 1.